The molecule has 104 valence electrons. The van der Waals surface area contributed by atoms with Crippen LogP contribution in [0.2, 0.25) is 0 Å². The highest BCUT2D eigenvalue weighted by molar-refractivity contribution is 5.86. The van der Waals surface area contributed by atoms with Crippen LogP contribution in [0.5, 0.6) is 0 Å². The highest BCUT2D eigenvalue weighted by Crippen LogP contribution is 2.13. The fraction of sp³-hybridized carbons (Fsp3) is 0.727. The van der Waals surface area contributed by atoms with Gasteiger partial charge in [-0.2, -0.15) is 0 Å². The molecule has 0 unspecified atom stereocenters. The number of amides is 3. The van der Waals surface area contributed by atoms with Crippen molar-refractivity contribution in [2.45, 2.75) is 39.2 Å². The summed E-state index contributed by atoms with van der Waals surface area (Å²) < 4.78 is 0. The standard InChI is InChI=1S/C11H21N3O4/c1-4-11(3,5-2)13-10(18)14(6-8(12)15)7-9(16)17/h4-7H2,1-3H3,(H2,12,15)(H,13,18)(H,16,17). The number of carboxylic acids is 1. The van der Waals surface area contributed by atoms with Gasteiger partial charge in [0.15, 0.2) is 0 Å². The van der Waals surface area contributed by atoms with Gasteiger partial charge >= 0.3 is 12.0 Å². The Kier molecular flexibility index (Phi) is 6.15. The van der Waals surface area contributed by atoms with E-state index >= 15 is 0 Å². The van der Waals surface area contributed by atoms with Gasteiger partial charge in [-0.05, 0) is 19.8 Å². The third-order valence-electron chi connectivity index (χ3n) is 2.93. The van der Waals surface area contributed by atoms with Crippen LogP contribution in [-0.4, -0.2) is 46.5 Å². The van der Waals surface area contributed by atoms with Crippen LogP contribution in [-0.2, 0) is 9.59 Å². The summed E-state index contributed by atoms with van der Waals surface area (Å²) in [6, 6.07) is -0.595. The van der Waals surface area contributed by atoms with E-state index in [4.69, 9.17) is 10.8 Å². The summed E-state index contributed by atoms with van der Waals surface area (Å²) in [7, 11) is 0. The van der Waals surface area contributed by atoms with E-state index in [1.54, 1.807) is 0 Å². The number of urea groups is 1. The molecule has 0 aliphatic heterocycles. The minimum Gasteiger partial charge on any atom is -0.480 e. The molecule has 18 heavy (non-hydrogen) atoms. The molecule has 0 rings (SSSR count). The molecule has 4 N–H and O–H groups in total. The Hall–Kier alpha value is -1.79. The Morgan fingerprint density at radius 3 is 2.06 bits per heavy atom. The van der Waals surface area contributed by atoms with Crippen LogP contribution in [0, 0.1) is 0 Å². The number of hydrogen-bond acceptors (Lipinski definition) is 3. The maximum absolute atomic E-state index is 11.9. The molecule has 3 amide bonds. The summed E-state index contributed by atoms with van der Waals surface area (Å²) >= 11 is 0. The lowest BCUT2D eigenvalue weighted by Gasteiger charge is -2.31. The molecule has 0 aromatic rings. The summed E-state index contributed by atoms with van der Waals surface area (Å²) in [5.74, 6) is -1.94. The maximum atomic E-state index is 11.9. The number of nitrogens with one attached hydrogen (secondary N) is 1. The number of nitrogens with two attached hydrogens (primary N) is 1. The Morgan fingerprint density at radius 2 is 1.72 bits per heavy atom. The largest absolute Gasteiger partial charge is 0.480 e. The SMILES string of the molecule is CCC(C)(CC)NC(=O)N(CC(N)=O)CC(=O)O. The number of rotatable bonds is 7. The zero-order chi connectivity index (χ0) is 14.3. The number of carboxylic acid groups (broad SMARTS) is 1. The van der Waals surface area contributed by atoms with E-state index in [0.29, 0.717) is 12.8 Å². The van der Waals surface area contributed by atoms with Crippen LogP contribution in [0.1, 0.15) is 33.6 Å². The Balaban J connectivity index is 4.74. The van der Waals surface area contributed by atoms with Crippen LogP contribution < -0.4 is 11.1 Å². The predicted octanol–water partition coefficient (Wildman–Crippen LogP) is 0.147. The van der Waals surface area contributed by atoms with Gasteiger partial charge in [0, 0.05) is 5.54 Å². The Bertz CT molecular complexity index is 310. The lowest BCUT2D eigenvalue weighted by atomic mass is 9.96. The molecule has 0 bridgehead atoms. The van der Waals surface area contributed by atoms with E-state index in [1.807, 2.05) is 20.8 Å². The van der Waals surface area contributed by atoms with Gasteiger partial charge in [0.1, 0.15) is 13.1 Å². The Morgan fingerprint density at radius 1 is 1.22 bits per heavy atom. The second-order valence-corrected chi connectivity index (χ2v) is 4.41. The molecular weight excluding hydrogens is 238 g/mol. The van der Waals surface area contributed by atoms with E-state index in [1.165, 1.54) is 0 Å². The van der Waals surface area contributed by atoms with E-state index in [9.17, 15) is 14.4 Å². The van der Waals surface area contributed by atoms with Crippen molar-refractivity contribution in [3.05, 3.63) is 0 Å². The summed E-state index contributed by atoms with van der Waals surface area (Å²) in [5.41, 5.74) is 4.56. The normalized spacial score (nSPS) is 10.8. The van der Waals surface area contributed by atoms with E-state index in [2.05, 4.69) is 5.32 Å². The number of carbonyl (C=O) groups excluding carboxylic acids is 2. The molecule has 0 aromatic carbocycles. The third-order valence-corrected chi connectivity index (χ3v) is 2.93. The molecule has 0 saturated heterocycles. The molecule has 0 saturated carbocycles. The number of primary amides is 1. The zero-order valence-electron chi connectivity index (χ0n) is 11.0. The zero-order valence-corrected chi connectivity index (χ0v) is 11.0. The van der Waals surface area contributed by atoms with Gasteiger partial charge in [0.2, 0.25) is 5.91 Å². The highest BCUT2D eigenvalue weighted by Gasteiger charge is 2.26. The fourth-order valence-electron chi connectivity index (χ4n) is 1.31. The topological polar surface area (TPSA) is 113 Å². The van der Waals surface area contributed by atoms with Gasteiger partial charge in [-0.3, -0.25) is 9.59 Å². The average molecular weight is 259 g/mol. The minimum absolute atomic E-state index is 0.415. The van der Waals surface area contributed by atoms with Gasteiger partial charge < -0.3 is 21.1 Å². The quantitative estimate of drug-likeness (QED) is 0.603. The monoisotopic (exact) mass is 259 g/mol. The van der Waals surface area contributed by atoms with Gasteiger partial charge in [0.05, 0.1) is 0 Å². The molecular formula is C11H21N3O4. The van der Waals surface area contributed by atoms with E-state index in [0.717, 1.165) is 4.90 Å². The van der Waals surface area contributed by atoms with Crippen molar-refractivity contribution in [3.8, 4) is 0 Å². The van der Waals surface area contributed by atoms with Crippen molar-refractivity contribution in [2.24, 2.45) is 5.73 Å². The van der Waals surface area contributed by atoms with Crippen LogP contribution in [0.4, 0.5) is 4.79 Å². The molecule has 0 aliphatic carbocycles. The summed E-state index contributed by atoms with van der Waals surface area (Å²) in [4.78, 5) is 34.2. The van der Waals surface area contributed by atoms with Crippen molar-refractivity contribution < 1.29 is 19.5 Å². The van der Waals surface area contributed by atoms with Gasteiger partial charge in [-0.25, -0.2) is 4.79 Å². The third kappa shape index (κ3) is 5.51. The van der Waals surface area contributed by atoms with Crippen molar-refractivity contribution in [1.29, 1.82) is 0 Å². The van der Waals surface area contributed by atoms with Crippen LogP contribution in [0.25, 0.3) is 0 Å². The second kappa shape index (κ2) is 6.83. The van der Waals surface area contributed by atoms with Crippen molar-refractivity contribution in [3.63, 3.8) is 0 Å². The van der Waals surface area contributed by atoms with Crippen molar-refractivity contribution in [2.75, 3.05) is 13.1 Å². The van der Waals surface area contributed by atoms with Gasteiger partial charge in [-0.1, -0.05) is 13.8 Å². The molecule has 0 radical (unpaired) electrons. The minimum atomic E-state index is -1.19. The lowest BCUT2D eigenvalue weighted by molar-refractivity contribution is -0.137. The summed E-state index contributed by atoms with van der Waals surface area (Å²) in [6.07, 6.45) is 1.40. The molecule has 7 heteroatoms. The molecule has 0 aliphatic rings. The first-order valence-corrected chi connectivity index (χ1v) is 5.81. The summed E-state index contributed by atoms with van der Waals surface area (Å²) in [5, 5.41) is 11.4. The maximum Gasteiger partial charge on any atom is 0.323 e. The fourth-order valence-corrected chi connectivity index (χ4v) is 1.31. The van der Waals surface area contributed by atoms with Crippen molar-refractivity contribution in [1.82, 2.24) is 10.2 Å². The van der Waals surface area contributed by atoms with Crippen LogP contribution >= 0.6 is 0 Å². The number of nitrogens with zero attached hydrogens (tertiary/aromatic N) is 1. The highest BCUT2D eigenvalue weighted by atomic mass is 16.4. The lowest BCUT2D eigenvalue weighted by Crippen LogP contribution is -2.53. The first-order valence-electron chi connectivity index (χ1n) is 5.81. The predicted molar refractivity (Wildman–Crippen MR) is 65.9 cm³/mol. The first-order chi connectivity index (χ1) is 8.24. The van der Waals surface area contributed by atoms with E-state index < -0.39 is 36.5 Å². The average Bonchev–Trinajstić information content (AvgIpc) is 2.26. The number of carbonyl (C=O) groups is 3. The second-order valence-electron chi connectivity index (χ2n) is 4.41. The molecule has 0 heterocycles. The molecule has 0 fully saturated rings. The molecule has 0 atom stereocenters. The van der Waals surface area contributed by atoms with Crippen molar-refractivity contribution >= 4 is 17.9 Å². The van der Waals surface area contributed by atoms with E-state index in [-0.39, 0.29) is 0 Å². The molecule has 0 spiro atoms. The van der Waals surface area contributed by atoms with Crippen LogP contribution in [0.3, 0.4) is 0 Å². The smallest absolute Gasteiger partial charge is 0.323 e. The summed E-state index contributed by atoms with van der Waals surface area (Å²) in [6.45, 7) is 4.72. The first kappa shape index (κ1) is 16.2. The Labute approximate surface area is 106 Å². The number of hydrogen-bond donors (Lipinski definition) is 3. The number of aliphatic carboxylic acids is 1. The molecule has 0 aromatic heterocycles. The van der Waals surface area contributed by atoms with Gasteiger partial charge in [0.25, 0.3) is 0 Å². The van der Waals surface area contributed by atoms with Crippen LogP contribution in [0.15, 0.2) is 0 Å². The van der Waals surface area contributed by atoms with Gasteiger partial charge in [-0.15, -0.1) is 0 Å². The molecule has 7 nitrogen and oxygen atoms in total.